The third-order valence-corrected chi connectivity index (χ3v) is 5.66. The summed E-state index contributed by atoms with van der Waals surface area (Å²) in [5.74, 6) is 0.527. The molecule has 0 saturated carbocycles. The largest absolute Gasteiger partial charge is 0.342 e. The van der Waals surface area contributed by atoms with E-state index >= 15 is 0 Å². The van der Waals surface area contributed by atoms with Gasteiger partial charge in [0.1, 0.15) is 5.82 Å². The predicted octanol–water partition coefficient (Wildman–Crippen LogP) is 2.21. The molecular formula is C17H20N4O3S2. The predicted molar refractivity (Wildman–Crippen MR) is 103 cm³/mol. The fourth-order valence-corrected chi connectivity index (χ4v) is 3.89. The number of benzene rings is 1. The Morgan fingerprint density at radius 1 is 1.27 bits per heavy atom. The zero-order chi connectivity index (χ0) is 18.7. The van der Waals surface area contributed by atoms with Gasteiger partial charge in [0.25, 0.3) is 5.91 Å². The Bertz CT molecular complexity index is 990. The van der Waals surface area contributed by atoms with Crippen molar-refractivity contribution in [3.8, 4) is 0 Å². The zero-order valence-electron chi connectivity index (χ0n) is 14.4. The summed E-state index contributed by atoms with van der Waals surface area (Å²) in [7, 11) is -3.20. The number of nitrogens with zero attached hydrogens (tertiary/aromatic N) is 1. The highest BCUT2D eigenvalue weighted by molar-refractivity contribution is 7.88. The lowest BCUT2D eigenvalue weighted by molar-refractivity contribution is 0.0942. The van der Waals surface area contributed by atoms with Crippen LogP contribution in [0.4, 0.5) is 0 Å². The summed E-state index contributed by atoms with van der Waals surface area (Å²) in [6, 6.07) is 11.0. The second-order valence-electron chi connectivity index (χ2n) is 6.02. The number of carbonyl (C=O) groups excluding carboxylic acids is 1. The molecule has 0 aliphatic rings. The number of para-hydroxylation sites is 2. The van der Waals surface area contributed by atoms with Gasteiger partial charge >= 0.3 is 0 Å². The molecule has 3 N–H and O–H groups in total. The quantitative estimate of drug-likeness (QED) is 0.573. The molecule has 1 aromatic carbocycles. The van der Waals surface area contributed by atoms with Crippen molar-refractivity contribution in [1.29, 1.82) is 0 Å². The first-order valence-corrected chi connectivity index (χ1v) is 10.8. The summed E-state index contributed by atoms with van der Waals surface area (Å²) in [6.07, 6.45) is 1.67. The van der Waals surface area contributed by atoms with E-state index in [9.17, 15) is 13.2 Å². The normalized spacial score (nSPS) is 13.0. The van der Waals surface area contributed by atoms with Gasteiger partial charge in [-0.25, -0.2) is 18.1 Å². The summed E-state index contributed by atoms with van der Waals surface area (Å²) in [5, 5.41) is 2.93. The van der Waals surface area contributed by atoms with Crippen LogP contribution in [-0.2, 0) is 16.4 Å². The van der Waals surface area contributed by atoms with E-state index in [0.29, 0.717) is 23.7 Å². The lowest BCUT2D eigenvalue weighted by Crippen LogP contribution is -2.26. The van der Waals surface area contributed by atoms with E-state index in [2.05, 4.69) is 20.0 Å². The third kappa shape index (κ3) is 4.69. The molecule has 0 aliphatic carbocycles. The monoisotopic (exact) mass is 392 g/mol. The van der Waals surface area contributed by atoms with Crippen LogP contribution in [0.2, 0.25) is 0 Å². The van der Waals surface area contributed by atoms with Crippen molar-refractivity contribution in [2.24, 2.45) is 0 Å². The summed E-state index contributed by atoms with van der Waals surface area (Å²) in [6.45, 7) is 2.19. The molecule has 0 spiro atoms. The second-order valence-corrected chi connectivity index (χ2v) is 9.02. The molecule has 7 nitrogen and oxygen atoms in total. The van der Waals surface area contributed by atoms with Crippen molar-refractivity contribution in [3.05, 3.63) is 52.0 Å². The Labute approximate surface area is 155 Å². The van der Waals surface area contributed by atoms with Gasteiger partial charge in [-0.2, -0.15) is 0 Å². The van der Waals surface area contributed by atoms with E-state index in [1.807, 2.05) is 37.3 Å². The molecule has 2 aromatic heterocycles. The number of H-pyrrole nitrogens is 1. The first-order chi connectivity index (χ1) is 12.3. The van der Waals surface area contributed by atoms with Gasteiger partial charge in [-0.05, 0) is 37.6 Å². The van der Waals surface area contributed by atoms with Crippen LogP contribution in [0.15, 0.2) is 36.4 Å². The van der Waals surface area contributed by atoms with Crippen LogP contribution < -0.4 is 10.0 Å². The number of carbonyl (C=O) groups is 1. The molecule has 0 bridgehead atoms. The maximum atomic E-state index is 12.4. The van der Waals surface area contributed by atoms with E-state index in [-0.39, 0.29) is 11.9 Å². The summed E-state index contributed by atoms with van der Waals surface area (Å²) in [5.41, 5.74) is 1.79. The van der Waals surface area contributed by atoms with Gasteiger partial charge in [-0.15, -0.1) is 11.3 Å². The zero-order valence-corrected chi connectivity index (χ0v) is 16.1. The number of nitrogens with one attached hydrogen (secondary N) is 3. The Kier molecular flexibility index (Phi) is 5.40. The van der Waals surface area contributed by atoms with Gasteiger partial charge in [0.2, 0.25) is 10.0 Å². The lowest BCUT2D eigenvalue weighted by atomic mass is 10.3. The van der Waals surface area contributed by atoms with Gasteiger partial charge < -0.3 is 10.3 Å². The van der Waals surface area contributed by atoms with Gasteiger partial charge in [-0.3, -0.25) is 4.79 Å². The van der Waals surface area contributed by atoms with E-state index in [0.717, 1.165) is 22.2 Å². The molecule has 9 heteroatoms. The van der Waals surface area contributed by atoms with Gasteiger partial charge in [0.15, 0.2) is 0 Å². The molecule has 0 fully saturated rings. The molecule has 0 saturated heterocycles. The molecule has 0 radical (unpaired) electrons. The van der Waals surface area contributed by atoms with Crippen LogP contribution in [0.5, 0.6) is 0 Å². The van der Waals surface area contributed by atoms with Crippen LogP contribution >= 0.6 is 11.3 Å². The summed E-state index contributed by atoms with van der Waals surface area (Å²) < 4.78 is 24.6. The highest BCUT2D eigenvalue weighted by Crippen LogP contribution is 2.19. The molecule has 1 atom stereocenters. The summed E-state index contributed by atoms with van der Waals surface area (Å²) in [4.78, 5) is 21.7. The number of thiophene rings is 1. The fraction of sp³-hybridized carbons (Fsp3) is 0.294. The van der Waals surface area contributed by atoms with Crippen LogP contribution in [-0.4, -0.2) is 37.1 Å². The van der Waals surface area contributed by atoms with E-state index in [1.165, 1.54) is 11.3 Å². The Morgan fingerprint density at radius 3 is 2.77 bits per heavy atom. The minimum atomic E-state index is -3.20. The van der Waals surface area contributed by atoms with Crippen molar-refractivity contribution >= 4 is 38.3 Å². The van der Waals surface area contributed by atoms with E-state index < -0.39 is 10.0 Å². The standard InChI is InChI=1S/C17H20N4O3S2/c1-11(16-20-13-5-3-4-6-14(13)21-16)19-17(22)15-8-7-12(25-15)9-10-18-26(2,23)24/h3-8,11,18H,9-10H2,1-2H3,(H,19,22)(H,20,21). The minimum absolute atomic E-state index is 0.176. The average molecular weight is 393 g/mol. The maximum Gasteiger partial charge on any atom is 0.261 e. The Balaban J connectivity index is 1.60. The van der Waals surface area contributed by atoms with Crippen molar-refractivity contribution < 1.29 is 13.2 Å². The van der Waals surface area contributed by atoms with Crippen LogP contribution in [0, 0.1) is 0 Å². The lowest BCUT2D eigenvalue weighted by Gasteiger charge is -2.10. The van der Waals surface area contributed by atoms with E-state index in [4.69, 9.17) is 0 Å². The Morgan fingerprint density at radius 2 is 2.04 bits per heavy atom. The number of sulfonamides is 1. The third-order valence-electron chi connectivity index (χ3n) is 3.79. The molecule has 3 rings (SSSR count). The SMILES string of the molecule is CC(NC(=O)c1ccc(CCNS(C)(=O)=O)s1)c1nc2ccccc2[nH]1. The first-order valence-electron chi connectivity index (χ1n) is 8.11. The van der Waals surface area contributed by atoms with Crippen molar-refractivity contribution in [1.82, 2.24) is 20.0 Å². The molecule has 2 heterocycles. The van der Waals surface area contributed by atoms with Gasteiger partial charge in [0, 0.05) is 11.4 Å². The number of rotatable bonds is 7. The number of hydrogen-bond donors (Lipinski definition) is 3. The van der Waals surface area contributed by atoms with Crippen molar-refractivity contribution in [3.63, 3.8) is 0 Å². The molecule has 26 heavy (non-hydrogen) atoms. The topological polar surface area (TPSA) is 104 Å². The van der Waals surface area contributed by atoms with E-state index in [1.54, 1.807) is 6.07 Å². The average Bonchev–Trinajstić information content (AvgIpc) is 3.20. The van der Waals surface area contributed by atoms with Gasteiger partial charge in [-0.1, -0.05) is 12.1 Å². The minimum Gasteiger partial charge on any atom is -0.342 e. The highest BCUT2D eigenvalue weighted by atomic mass is 32.2. The summed E-state index contributed by atoms with van der Waals surface area (Å²) >= 11 is 1.36. The molecule has 138 valence electrons. The van der Waals surface area contributed by atoms with Gasteiger partial charge in [0.05, 0.1) is 28.2 Å². The van der Waals surface area contributed by atoms with Crippen LogP contribution in [0.3, 0.4) is 0 Å². The Hall–Kier alpha value is -2.23. The maximum absolute atomic E-state index is 12.4. The molecule has 1 amide bonds. The number of aromatic amines is 1. The van der Waals surface area contributed by atoms with Crippen LogP contribution in [0.1, 0.15) is 33.3 Å². The smallest absolute Gasteiger partial charge is 0.261 e. The number of hydrogen-bond acceptors (Lipinski definition) is 5. The number of aromatic nitrogens is 2. The first kappa shape index (κ1) is 18.6. The molecule has 0 aliphatic heterocycles. The number of imidazole rings is 1. The number of amides is 1. The molecule has 1 unspecified atom stereocenters. The molecular weight excluding hydrogens is 372 g/mol. The molecule has 3 aromatic rings. The van der Waals surface area contributed by atoms with Crippen molar-refractivity contribution in [2.75, 3.05) is 12.8 Å². The second kappa shape index (κ2) is 7.56. The van der Waals surface area contributed by atoms with Crippen molar-refractivity contribution in [2.45, 2.75) is 19.4 Å². The number of fused-ring (bicyclic) bond motifs is 1. The highest BCUT2D eigenvalue weighted by Gasteiger charge is 2.16. The van der Waals surface area contributed by atoms with Crippen LogP contribution in [0.25, 0.3) is 11.0 Å². The fourth-order valence-electron chi connectivity index (χ4n) is 2.51.